The summed E-state index contributed by atoms with van der Waals surface area (Å²) >= 11 is 0. The fraction of sp³-hybridized carbons (Fsp3) is 0.130. The van der Waals surface area contributed by atoms with Crippen molar-refractivity contribution in [3.8, 4) is 11.5 Å². The number of anilines is 1. The van der Waals surface area contributed by atoms with Crippen LogP contribution in [0.4, 0.5) is 11.4 Å². The maximum absolute atomic E-state index is 13.5. The second-order valence-electron chi connectivity index (χ2n) is 7.27. The van der Waals surface area contributed by atoms with Gasteiger partial charge in [0.2, 0.25) is 0 Å². The molecule has 0 fully saturated rings. The first-order valence-corrected chi connectivity index (χ1v) is 11.6. The highest BCUT2D eigenvalue weighted by molar-refractivity contribution is 7.92. The van der Waals surface area contributed by atoms with Gasteiger partial charge in [-0.15, -0.1) is 0 Å². The molecule has 1 amide bonds. The summed E-state index contributed by atoms with van der Waals surface area (Å²) < 4.78 is 32.8. The Balaban J connectivity index is 1.93. The Morgan fingerprint density at radius 3 is 2.49 bits per heavy atom. The van der Waals surface area contributed by atoms with E-state index in [0.717, 1.165) is 10.4 Å². The molecule has 3 aromatic carbocycles. The van der Waals surface area contributed by atoms with Gasteiger partial charge in [-0.25, -0.2) is 13.8 Å². The first-order chi connectivity index (χ1) is 16.6. The number of rotatable bonds is 9. The van der Waals surface area contributed by atoms with Gasteiger partial charge in [-0.2, -0.15) is 5.10 Å². The van der Waals surface area contributed by atoms with Crippen LogP contribution in [-0.2, 0) is 14.8 Å². The molecule has 0 radical (unpaired) electrons. The molecule has 0 aromatic heterocycles. The lowest BCUT2D eigenvalue weighted by Gasteiger charge is -2.24. The van der Waals surface area contributed by atoms with Crippen LogP contribution in [0.15, 0.2) is 76.7 Å². The average molecular weight is 499 g/mol. The minimum absolute atomic E-state index is 0.0473. The molecule has 11 nitrogen and oxygen atoms in total. The Morgan fingerprint density at radius 1 is 1.17 bits per heavy atom. The number of sulfonamides is 1. The van der Waals surface area contributed by atoms with Crippen LogP contribution in [0.1, 0.15) is 11.1 Å². The van der Waals surface area contributed by atoms with Crippen LogP contribution in [-0.4, -0.2) is 44.2 Å². The minimum atomic E-state index is -4.39. The van der Waals surface area contributed by atoms with Gasteiger partial charge in [-0.05, 0) is 49.4 Å². The van der Waals surface area contributed by atoms with Crippen molar-refractivity contribution in [3.63, 3.8) is 0 Å². The van der Waals surface area contributed by atoms with Gasteiger partial charge in [-0.1, -0.05) is 18.2 Å². The summed E-state index contributed by atoms with van der Waals surface area (Å²) in [6, 6.07) is 15.7. The van der Waals surface area contributed by atoms with Crippen molar-refractivity contribution in [2.24, 2.45) is 5.10 Å². The highest BCUT2D eigenvalue weighted by Crippen LogP contribution is 2.29. The summed E-state index contributed by atoms with van der Waals surface area (Å²) in [5, 5.41) is 24.9. The summed E-state index contributed by atoms with van der Waals surface area (Å²) in [4.78, 5) is 22.9. The van der Waals surface area contributed by atoms with Crippen molar-refractivity contribution < 1.29 is 28.0 Å². The zero-order valence-corrected chi connectivity index (χ0v) is 19.6. The molecule has 0 saturated carbocycles. The number of phenolic OH excluding ortho intramolecular Hbond substituents is 1. The zero-order valence-electron chi connectivity index (χ0n) is 18.8. The maximum Gasteiger partial charge on any atom is 0.273 e. The number of phenols is 1. The molecule has 3 aromatic rings. The fourth-order valence-electron chi connectivity index (χ4n) is 3.07. The number of carbonyl (C=O) groups is 1. The van der Waals surface area contributed by atoms with Crippen LogP contribution in [0.25, 0.3) is 0 Å². The van der Waals surface area contributed by atoms with Crippen molar-refractivity contribution in [1.82, 2.24) is 5.43 Å². The lowest BCUT2D eigenvalue weighted by atomic mass is 10.2. The van der Waals surface area contributed by atoms with Crippen molar-refractivity contribution in [1.29, 1.82) is 0 Å². The summed E-state index contributed by atoms with van der Waals surface area (Å²) in [6.45, 7) is 0.820. The number of amides is 1. The van der Waals surface area contributed by atoms with Gasteiger partial charge < -0.3 is 9.84 Å². The quantitative estimate of drug-likeness (QED) is 0.261. The molecular weight excluding hydrogens is 476 g/mol. The van der Waals surface area contributed by atoms with Crippen LogP contribution in [0.5, 0.6) is 11.5 Å². The fourth-order valence-corrected chi connectivity index (χ4v) is 4.51. The molecule has 35 heavy (non-hydrogen) atoms. The topological polar surface area (TPSA) is 151 Å². The number of nitro benzene ring substituents is 1. The zero-order chi connectivity index (χ0) is 25.6. The molecule has 0 aliphatic carbocycles. The van der Waals surface area contributed by atoms with E-state index in [9.17, 15) is 28.4 Å². The number of ether oxygens (including phenoxy) is 1. The van der Waals surface area contributed by atoms with Crippen molar-refractivity contribution in [2.45, 2.75) is 11.8 Å². The van der Waals surface area contributed by atoms with E-state index >= 15 is 0 Å². The number of nitrogens with one attached hydrogen (secondary N) is 1. The van der Waals surface area contributed by atoms with Crippen LogP contribution in [0, 0.1) is 17.0 Å². The van der Waals surface area contributed by atoms with Gasteiger partial charge in [-0.3, -0.25) is 19.2 Å². The van der Waals surface area contributed by atoms with E-state index < -0.39 is 27.4 Å². The highest BCUT2D eigenvalue weighted by atomic mass is 32.2. The lowest BCUT2D eigenvalue weighted by molar-refractivity contribution is -0.385. The van der Waals surface area contributed by atoms with E-state index in [1.54, 1.807) is 18.2 Å². The summed E-state index contributed by atoms with van der Waals surface area (Å²) in [5.74, 6) is -0.361. The monoisotopic (exact) mass is 498 g/mol. The van der Waals surface area contributed by atoms with E-state index in [-0.39, 0.29) is 22.0 Å². The van der Waals surface area contributed by atoms with Gasteiger partial charge in [0.25, 0.3) is 21.6 Å². The number of carbonyl (C=O) groups excluding carboxylic acids is 1. The molecule has 0 spiro atoms. The number of nitrogens with zero attached hydrogens (tertiary/aromatic N) is 3. The molecule has 12 heteroatoms. The van der Waals surface area contributed by atoms with E-state index in [4.69, 9.17) is 4.74 Å². The first-order valence-electron chi connectivity index (χ1n) is 10.1. The van der Waals surface area contributed by atoms with Crippen LogP contribution in [0.3, 0.4) is 0 Å². The van der Waals surface area contributed by atoms with E-state index in [0.29, 0.717) is 16.9 Å². The standard InChI is InChI=1S/C23H22N4O7S/c1-16-7-12-20(13-21(16)27(30)31)35(32,33)26(18-8-10-19(34-2)11-9-18)15-23(29)25-24-14-17-5-3-4-6-22(17)28/h3-14,28H,15H2,1-2H3,(H,25,29)/b24-14+. The minimum Gasteiger partial charge on any atom is -0.507 e. The van der Waals surface area contributed by atoms with Crippen molar-refractivity contribution in [3.05, 3.63) is 88.0 Å². The Hall–Kier alpha value is -4.45. The van der Waals surface area contributed by atoms with Crippen LogP contribution < -0.4 is 14.5 Å². The molecule has 3 rings (SSSR count). The summed E-state index contributed by atoms with van der Waals surface area (Å²) in [6.07, 6.45) is 1.21. The van der Waals surface area contributed by atoms with Gasteiger partial charge in [0.1, 0.15) is 18.0 Å². The number of aromatic hydroxyl groups is 1. The third-order valence-corrected chi connectivity index (χ3v) is 6.71. The number of hydrogen-bond acceptors (Lipinski definition) is 8. The maximum atomic E-state index is 13.5. The number of benzene rings is 3. The van der Waals surface area contributed by atoms with Crippen LogP contribution >= 0.6 is 0 Å². The average Bonchev–Trinajstić information content (AvgIpc) is 2.83. The molecule has 2 N–H and O–H groups in total. The second-order valence-corrected chi connectivity index (χ2v) is 9.13. The van der Waals surface area contributed by atoms with Gasteiger partial charge in [0, 0.05) is 17.2 Å². The third kappa shape index (κ3) is 5.92. The Morgan fingerprint density at radius 2 is 1.86 bits per heavy atom. The van der Waals surface area contributed by atoms with Crippen molar-refractivity contribution in [2.75, 3.05) is 18.0 Å². The first kappa shape index (κ1) is 25.2. The largest absolute Gasteiger partial charge is 0.507 e. The number of aryl methyl sites for hydroxylation is 1. The molecule has 0 saturated heterocycles. The molecular formula is C23H22N4O7S. The Kier molecular flexibility index (Phi) is 7.66. The number of para-hydroxylation sites is 1. The predicted molar refractivity (Wildman–Crippen MR) is 129 cm³/mol. The van der Waals surface area contributed by atoms with Gasteiger partial charge in [0.05, 0.1) is 28.8 Å². The number of hydrogen-bond donors (Lipinski definition) is 2. The van der Waals surface area contributed by atoms with Gasteiger partial charge >= 0.3 is 0 Å². The molecule has 0 atom stereocenters. The van der Waals surface area contributed by atoms with Crippen LogP contribution in [0.2, 0.25) is 0 Å². The molecule has 182 valence electrons. The summed E-state index contributed by atoms with van der Waals surface area (Å²) in [5.41, 5.74) is 2.63. The van der Waals surface area contributed by atoms with E-state index in [1.807, 2.05) is 0 Å². The Bertz CT molecular complexity index is 1370. The van der Waals surface area contributed by atoms with E-state index in [2.05, 4.69) is 10.5 Å². The SMILES string of the molecule is COc1ccc(N(CC(=O)N/N=C/c2ccccc2O)S(=O)(=O)c2ccc(C)c([N+](=O)[O-])c2)cc1. The third-order valence-electron chi connectivity index (χ3n) is 4.94. The predicted octanol–water partition coefficient (Wildman–Crippen LogP) is 2.96. The molecule has 0 unspecified atom stereocenters. The lowest BCUT2D eigenvalue weighted by Crippen LogP contribution is -2.39. The molecule has 0 aliphatic rings. The van der Waals surface area contributed by atoms with E-state index in [1.165, 1.54) is 62.7 Å². The number of hydrazone groups is 1. The van der Waals surface area contributed by atoms with Crippen molar-refractivity contribution >= 4 is 33.5 Å². The molecule has 0 heterocycles. The number of methoxy groups -OCH3 is 1. The smallest absolute Gasteiger partial charge is 0.273 e. The molecule has 0 aliphatic heterocycles. The second kappa shape index (κ2) is 10.7. The normalized spacial score (nSPS) is 11.3. The highest BCUT2D eigenvalue weighted by Gasteiger charge is 2.29. The molecule has 0 bridgehead atoms. The Labute approximate surface area is 201 Å². The summed E-state index contributed by atoms with van der Waals surface area (Å²) in [7, 11) is -2.94. The number of nitro groups is 1. The van der Waals surface area contributed by atoms with Gasteiger partial charge in [0.15, 0.2) is 0 Å².